The van der Waals surface area contributed by atoms with Gasteiger partial charge in [-0.3, -0.25) is 4.79 Å². The lowest BCUT2D eigenvalue weighted by molar-refractivity contribution is -0.307. The summed E-state index contributed by atoms with van der Waals surface area (Å²) in [7, 11) is 1.81. The van der Waals surface area contributed by atoms with E-state index in [0.29, 0.717) is 50.5 Å². The first-order valence-corrected chi connectivity index (χ1v) is 16.6. The molecule has 2 aliphatic heterocycles. The van der Waals surface area contributed by atoms with Gasteiger partial charge in [-0.15, -0.1) is 0 Å². The van der Waals surface area contributed by atoms with Gasteiger partial charge in [0.2, 0.25) is 17.8 Å². The average molecular weight is 702 g/mol. The molecular formula is C34H43N3O13. The number of hydrogen-bond acceptors (Lipinski definition) is 15. The van der Waals surface area contributed by atoms with Gasteiger partial charge in [0, 0.05) is 56.3 Å². The number of hydrogen-bond donors (Lipinski definition) is 9. The third kappa shape index (κ3) is 7.24. The number of carbonyl (C=O) groups is 1. The van der Waals surface area contributed by atoms with E-state index in [0.717, 1.165) is 6.42 Å². The predicted molar refractivity (Wildman–Crippen MR) is 176 cm³/mol. The summed E-state index contributed by atoms with van der Waals surface area (Å²) in [6, 6.07) is 8.72. The first-order chi connectivity index (χ1) is 23.9. The van der Waals surface area contributed by atoms with E-state index < -0.39 is 70.7 Å². The van der Waals surface area contributed by atoms with E-state index in [1.165, 1.54) is 12.1 Å². The first-order valence-electron chi connectivity index (χ1n) is 16.6. The Balaban J connectivity index is 1.38. The number of ether oxygens (including phenoxy) is 4. The second-order valence-corrected chi connectivity index (χ2v) is 13.0. The highest BCUT2D eigenvalue weighted by atomic mass is 16.7. The third-order valence-electron chi connectivity index (χ3n) is 9.39. The van der Waals surface area contributed by atoms with Gasteiger partial charge in [0.15, 0.2) is 23.0 Å². The summed E-state index contributed by atoms with van der Waals surface area (Å²) < 4.78 is 29.2. The molecule has 6 atom stereocenters. The number of rotatable bonds is 12. The Morgan fingerprint density at radius 1 is 1.10 bits per heavy atom. The van der Waals surface area contributed by atoms with E-state index in [-0.39, 0.29) is 36.0 Å². The summed E-state index contributed by atoms with van der Waals surface area (Å²) in [6.45, 7) is 1.87. The van der Waals surface area contributed by atoms with E-state index in [1.807, 2.05) is 7.05 Å². The smallest absolute Gasteiger partial charge is 0.336 e. The number of likely N-dealkylation sites (N-methyl/N-ethyl adjacent to an activating group) is 1. The molecule has 1 aliphatic carbocycles. The molecule has 3 aromatic rings. The number of carboxylic acid groups (broad SMARTS) is 1. The van der Waals surface area contributed by atoms with Crippen LogP contribution in [0.3, 0.4) is 0 Å². The molecule has 0 spiro atoms. The van der Waals surface area contributed by atoms with Gasteiger partial charge in [0.25, 0.3) is 0 Å². The molecule has 0 amide bonds. The van der Waals surface area contributed by atoms with E-state index in [1.54, 1.807) is 24.3 Å². The highest BCUT2D eigenvalue weighted by Crippen LogP contribution is 2.47. The molecule has 2 saturated heterocycles. The maximum absolute atomic E-state index is 13.5. The van der Waals surface area contributed by atoms with Gasteiger partial charge >= 0.3 is 5.97 Å². The van der Waals surface area contributed by atoms with Crippen LogP contribution in [0.1, 0.15) is 38.5 Å². The molecule has 0 unspecified atom stereocenters. The van der Waals surface area contributed by atoms with Crippen molar-refractivity contribution < 1.29 is 58.8 Å². The van der Waals surface area contributed by atoms with Gasteiger partial charge in [0.05, 0.1) is 0 Å². The maximum Gasteiger partial charge on any atom is 0.336 e. The second-order valence-electron chi connectivity index (χ2n) is 13.0. The van der Waals surface area contributed by atoms with Gasteiger partial charge in [-0.1, -0.05) is 6.42 Å². The molecule has 3 fully saturated rings. The Kier molecular flexibility index (Phi) is 10.5. The molecule has 3 heterocycles. The molecule has 272 valence electrons. The normalized spacial score (nSPS) is 28.0. The van der Waals surface area contributed by atoms with Crippen LogP contribution in [0.5, 0.6) is 23.0 Å². The predicted octanol–water partition coefficient (Wildman–Crippen LogP) is 0.346. The number of fused-ring (bicyclic) bond motifs is 1. The number of phenolic OH excluding ortho intramolecular Hbond substituents is 1. The lowest BCUT2D eigenvalue weighted by Crippen LogP contribution is -2.70. The van der Waals surface area contributed by atoms with Gasteiger partial charge in [0.1, 0.15) is 46.9 Å². The van der Waals surface area contributed by atoms with Gasteiger partial charge in [-0.05, 0) is 50.6 Å². The molecule has 2 aromatic carbocycles. The fraction of sp³-hybridized carbons (Fsp3) is 0.529. The minimum absolute atomic E-state index is 0.129. The van der Waals surface area contributed by atoms with Crippen molar-refractivity contribution >= 4 is 16.9 Å². The fourth-order valence-corrected chi connectivity index (χ4v) is 6.70. The summed E-state index contributed by atoms with van der Waals surface area (Å²) >= 11 is 0. The van der Waals surface area contributed by atoms with Crippen LogP contribution in [0.4, 0.5) is 0 Å². The van der Waals surface area contributed by atoms with Gasteiger partial charge in [-0.25, -0.2) is 4.79 Å². The van der Waals surface area contributed by atoms with Gasteiger partial charge < -0.3 is 70.0 Å². The third-order valence-corrected chi connectivity index (χ3v) is 9.39. The van der Waals surface area contributed by atoms with E-state index in [4.69, 9.17) is 23.4 Å². The Hall–Kier alpha value is -4.00. The number of phenols is 1. The van der Waals surface area contributed by atoms with Crippen LogP contribution in [0.25, 0.3) is 22.3 Å². The Labute approximate surface area is 286 Å². The molecule has 3 aliphatic rings. The van der Waals surface area contributed by atoms with Crippen LogP contribution in [0, 0.1) is 0 Å². The zero-order valence-corrected chi connectivity index (χ0v) is 27.5. The lowest BCUT2D eigenvalue weighted by Gasteiger charge is -2.47. The molecule has 0 bridgehead atoms. The highest BCUT2D eigenvalue weighted by Gasteiger charge is 2.59. The van der Waals surface area contributed by atoms with Crippen molar-refractivity contribution in [2.75, 3.05) is 33.4 Å². The molecular weight excluding hydrogens is 658 g/mol. The molecule has 16 nitrogen and oxygen atoms in total. The van der Waals surface area contributed by atoms with Crippen molar-refractivity contribution in [1.82, 2.24) is 16.0 Å². The van der Waals surface area contributed by atoms with Crippen molar-refractivity contribution in [3.8, 4) is 34.3 Å². The lowest BCUT2D eigenvalue weighted by atomic mass is 9.79. The van der Waals surface area contributed by atoms with Gasteiger partial charge in [-0.2, -0.15) is 0 Å². The van der Waals surface area contributed by atoms with Crippen LogP contribution < -0.4 is 35.6 Å². The van der Waals surface area contributed by atoms with Crippen LogP contribution in [-0.4, -0.2) is 112 Å². The maximum atomic E-state index is 13.5. The van der Waals surface area contributed by atoms with Crippen LogP contribution in [-0.2, 0) is 9.53 Å². The number of aliphatic hydroxyl groups is 4. The molecule has 1 aromatic heterocycles. The monoisotopic (exact) mass is 701 g/mol. The zero-order valence-electron chi connectivity index (χ0n) is 27.5. The standard InChI is InChI=1S/C34H43N3O13/c1-35-11-12-46-20-7-5-18(6-8-20)22-13-21(38)25-23(47-22)14-24(28(26(25)39)50-33(44)9-3-2-4-10-33)48-32-27(40)29(41)34(45,30(49-32)31(42)43)15-19-16-36-17-37-19/h5-8,13-14,19,27,29-30,32,35-37,39-41,44-45H,2-4,9-12,15-17H2,1H3,(H,42,43)/t19-,27-,29+,30-,32-,34+/m1/s1. The van der Waals surface area contributed by atoms with Crippen molar-refractivity contribution in [1.29, 1.82) is 0 Å². The summed E-state index contributed by atoms with van der Waals surface area (Å²) in [5.74, 6) is -4.26. The summed E-state index contributed by atoms with van der Waals surface area (Å²) in [5.41, 5.74) is -2.73. The largest absolute Gasteiger partial charge is 0.504 e. The van der Waals surface area contributed by atoms with Crippen LogP contribution in [0.2, 0.25) is 0 Å². The Bertz CT molecular complexity index is 1720. The fourth-order valence-electron chi connectivity index (χ4n) is 6.70. The molecule has 6 rings (SSSR count). The SMILES string of the molecule is CNCCOc1ccc(-c2cc(=O)c3c(O)c(OC4(O)CCCCC4)c(O[C@@H]4O[C@H](C(=O)O)[C@](O)(C[C@@H]5CNCN5)[C@@H](O)[C@H]4O)cc3o2)cc1. The second kappa shape index (κ2) is 14.7. The zero-order chi connectivity index (χ0) is 35.6. The van der Waals surface area contributed by atoms with Crippen LogP contribution in [0.15, 0.2) is 45.6 Å². The molecule has 1 saturated carbocycles. The first kappa shape index (κ1) is 35.8. The topological polar surface area (TPSA) is 242 Å². The van der Waals surface area contributed by atoms with Crippen molar-refractivity contribution in [2.45, 2.75) is 80.6 Å². The van der Waals surface area contributed by atoms with Crippen molar-refractivity contribution in [2.24, 2.45) is 0 Å². The number of aliphatic hydroxyl groups excluding tert-OH is 2. The number of nitrogens with one attached hydrogen (secondary N) is 3. The minimum atomic E-state index is -2.42. The van der Waals surface area contributed by atoms with Crippen molar-refractivity contribution in [3.05, 3.63) is 46.6 Å². The molecule has 50 heavy (non-hydrogen) atoms. The summed E-state index contributed by atoms with van der Waals surface area (Å²) in [5, 5.41) is 75.2. The van der Waals surface area contributed by atoms with E-state index >= 15 is 0 Å². The van der Waals surface area contributed by atoms with Crippen LogP contribution >= 0.6 is 0 Å². The number of benzene rings is 2. The molecule has 16 heteroatoms. The minimum Gasteiger partial charge on any atom is -0.504 e. The Morgan fingerprint density at radius 3 is 2.50 bits per heavy atom. The number of aliphatic carboxylic acids is 1. The molecule has 0 radical (unpaired) electrons. The highest BCUT2D eigenvalue weighted by molar-refractivity contribution is 5.89. The summed E-state index contributed by atoms with van der Waals surface area (Å²) in [6.07, 6.45) is -5.83. The van der Waals surface area contributed by atoms with E-state index in [9.17, 15) is 40.2 Å². The van der Waals surface area contributed by atoms with Crippen molar-refractivity contribution in [3.63, 3.8) is 0 Å². The quantitative estimate of drug-likeness (QED) is 0.0914. The van der Waals surface area contributed by atoms with E-state index in [2.05, 4.69) is 16.0 Å². The summed E-state index contributed by atoms with van der Waals surface area (Å²) in [4.78, 5) is 25.8. The Morgan fingerprint density at radius 2 is 1.84 bits per heavy atom. The number of carboxylic acids is 1. The average Bonchev–Trinajstić information content (AvgIpc) is 3.60. The number of aromatic hydroxyl groups is 1. The molecule has 9 N–H and O–H groups in total.